The van der Waals surface area contributed by atoms with Crippen LogP contribution in [0.1, 0.15) is 29.7 Å². The maximum Gasteiger partial charge on any atom is 0.289 e. The molecular weight excluding hydrogens is 366 g/mol. The maximum atomic E-state index is 12.8. The predicted octanol–water partition coefficient (Wildman–Crippen LogP) is 3.05. The molecule has 0 aliphatic heterocycles. The Morgan fingerprint density at radius 1 is 1.15 bits per heavy atom. The summed E-state index contributed by atoms with van der Waals surface area (Å²) in [5, 5.41) is 11.3. The van der Waals surface area contributed by atoms with Crippen molar-refractivity contribution in [1.82, 2.24) is 9.62 Å². The standard InChI is InChI=1S/C19H25N3O4S/c1-5-15-9-11-16(12-10-15)18(21(3)4)13-20-27(25,26)19-14(2)7-6-8-17(19)22(23)24/h6-12,18,20H,5,13H2,1-4H3. The summed E-state index contributed by atoms with van der Waals surface area (Å²) in [6.07, 6.45) is 0.927. The maximum absolute atomic E-state index is 12.8. The Balaban J connectivity index is 2.30. The Hall–Kier alpha value is -2.29. The molecule has 27 heavy (non-hydrogen) atoms. The van der Waals surface area contributed by atoms with Gasteiger partial charge in [-0.2, -0.15) is 0 Å². The van der Waals surface area contributed by atoms with E-state index in [0.29, 0.717) is 5.56 Å². The van der Waals surface area contributed by atoms with E-state index in [1.807, 2.05) is 43.3 Å². The molecule has 0 bridgehead atoms. The predicted molar refractivity (Wildman–Crippen MR) is 105 cm³/mol. The molecule has 0 heterocycles. The van der Waals surface area contributed by atoms with Crippen LogP contribution in [0, 0.1) is 17.0 Å². The van der Waals surface area contributed by atoms with Crippen molar-refractivity contribution in [3.05, 3.63) is 69.3 Å². The van der Waals surface area contributed by atoms with Crippen LogP contribution < -0.4 is 4.72 Å². The zero-order chi connectivity index (χ0) is 20.2. The van der Waals surface area contributed by atoms with E-state index in [4.69, 9.17) is 0 Å². The summed E-state index contributed by atoms with van der Waals surface area (Å²) in [5.41, 5.74) is 2.09. The molecule has 0 saturated heterocycles. The van der Waals surface area contributed by atoms with Crippen molar-refractivity contribution in [3.63, 3.8) is 0 Å². The number of nitro groups is 1. The van der Waals surface area contributed by atoms with Gasteiger partial charge in [-0.25, -0.2) is 13.1 Å². The van der Waals surface area contributed by atoms with Crippen LogP contribution in [0.15, 0.2) is 47.4 Å². The first-order chi connectivity index (χ1) is 12.7. The van der Waals surface area contributed by atoms with E-state index in [-0.39, 0.29) is 17.5 Å². The highest BCUT2D eigenvalue weighted by Crippen LogP contribution is 2.27. The topological polar surface area (TPSA) is 92.5 Å². The highest BCUT2D eigenvalue weighted by molar-refractivity contribution is 7.89. The van der Waals surface area contributed by atoms with Gasteiger partial charge < -0.3 is 4.90 Å². The summed E-state index contributed by atoms with van der Waals surface area (Å²) >= 11 is 0. The molecule has 1 N–H and O–H groups in total. The third-order valence-corrected chi connectivity index (χ3v) is 6.13. The van der Waals surface area contributed by atoms with Gasteiger partial charge in [-0.15, -0.1) is 0 Å². The van der Waals surface area contributed by atoms with Gasteiger partial charge in [0.1, 0.15) is 0 Å². The lowest BCUT2D eigenvalue weighted by atomic mass is 10.0. The lowest BCUT2D eigenvalue weighted by Gasteiger charge is -2.25. The Kier molecular flexibility index (Phi) is 6.69. The first-order valence-electron chi connectivity index (χ1n) is 8.66. The van der Waals surface area contributed by atoms with Crippen LogP contribution >= 0.6 is 0 Å². The van der Waals surface area contributed by atoms with Gasteiger partial charge in [0.2, 0.25) is 10.0 Å². The first kappa shape index (κ1) is 21.0. The molecule has 1 unspecified atom stereocenters. The molecule has 7 nitrogen and oxygen atoms in total. The Labute approximate surface area is 160 Å². The van der Waals surface area contributed by atoms with Crippen LogP contribution in [0.2, 0.25) is 0 Å². The zero-order valence-corrected chi connectivity index (χ0v) is 16.8. The van der Waals surface area contributed by atoms with E-state index in [0.717, 1.165) is 12.0 Å². The third-order valence-electron chi connectivity index (χ3n) is 4.52. The molecule has 0 aliphatic rings. The minimum Gasteiger partial charge on any atom is -0.301 e. The molecule has 146 valence electrons. The monoisotopic (exact) mass is 391 g/mol. The van der Waals surface area contributed by atoms with Crippen LogP contribution in [0.3, 0.4) is 0 Å². The molecule has 1 atom stereocenters. The third kappa shape index (κ3) is 4.91. The highest BCUT2D eigenvalue weighted by Gasteiger charge is 2.28. The van der Waals surface area contributed by atoms with Gasteiger partial charge >= 0.3 is 0 Å². The second-order valence-corrected chi connectivity index (χ2v) is 8.31. The number of nitro benzene ring substituents is 1. The fourth-order valence-corrected chi connectivity index (χ4v) is 4.40. The van der Waals surface area contributed by atoms with Crippen LogP contribution in [0.25, 0.3) is 0 Å². The van der Waals surface area contributed by atoms with Crippen LogP contribution in [0.5, 0.6) is 0 Å². The first-order valence-corrected chi connectivity index (χ1v) is 10.1. The molecule has 2 rings (SSSR count). The minimum atomic E-state index is -4.03. The van der Waals surface area contributed by atoms with Crippen LogP contribution in [0.4, 0.5) is 5.69 Å². The van der Waals surface area contributed by atoms with Crippen molar-refractivity contribution in [2.45, 2.75) is 31.2 Å². The number of benzene rings is 2. The van der Waals surface area contributed by atoms with E-state index >= 15 is 0 Å². The van der Waals surface area contributed by atoms with Crippen molar-refractivity contribution in [2.24, 2.45) is 0 Å². The average Bonchev–Trinajstić information content (AvgIpc) is 2.61. The molecule has 0 radical (unpaired) electrons. The van der Waals surface area contributed by atoms with Gasteiger partial charge in [-0.05, 0) is 44.1 Å². The van der Waals surface area contributed by atoms with E-state index < -0.39 is 20.6 Å². The smallest absolute Gasteiger partial charge is 0.289 e. The van der Waals surface area contributed by atoms with Crippen LogP contribution in [-0.4, -0.2) is 38.9 Å². The van der Waals surface area contributed by atoms with E-state index in [2.05, 4.69) is 11.6 Å². The van der Waals surface area contributed by atoms with Crippen molar-refractivity contribution in [3.8, 4) is 0 Å². The van der Waals surface area contributed by atoms with E-state index in [1.54, 1.807) is 13.0 Å². The van der Waals surface area contributed by atoms with Gasteiger partial charge in [0, 0.05) is 18.7 Å². The summed E-state index contributed by atoms with van der Waals surface area (Å²) in [7, 11) is -0.306. The fourth-order valence-electron chi connectivity index (χ4n) is 2.97. The number of hydrogen-bond acceptors (Lipinski definition) is 5. The number of nitrogens with zero attached hydrogens (tertiary/aromatic N) is 2. The van der Waals surface area contributed by atoms with Gasteiger partial charge in [-0.3, -0.25) is 10.1 Å². The summed E-state index contributed by atoms with van der Waals surface area (Å²) in [5.74, 6) is 0. The van der Waals surface area contributed by atoms with E-state index in [1.165, 1.54) is 17.7 Å². The molecule has 0 amide bonds. The highest BCUT2D eigenvalue weighted by atomic mass is 32.2. The molecule has 0 aliphatic carbocycles. The summed E-state index contributed by atoms with van der Waals surface area (Å²) in [4.78, 5) is 12.2. The molecule has 8 heteroatoms. The quantitative estimate of drug-likeness (QED) is 0.551. The fraction of sp³-hybridized carbons (Fsp3) is 0.368. The summed E-state index contributed by atoms with van der Waals surface area (Å²) in [6.45, 7) is 3.72. The van der Waals surface area contributed by atoms with Gasteiger partial charge in [0.05, 0.1) is 4.92 Å². The van der Waals surface area contributed by atoms with Crippen molar-refractivity contribution in [1.29, 1.82) is 0 Å². The van der Waals surface area contributed by atoms with Crippen molar-refractivity contribution >= 4 is 15.7 Å². The number of sulfonamides is 1. The van der Waals surface area contributed by atoms with E-state index in [9.17, 15) is 18.5 Å². The molecular formula is C19H25N3O4S. The molecule has 0 spiro atoms. The number of aryl methyl sites for hydroxylation is 2. The lowest BCUT2D eigenvalue weighted by Crippen LogP contribution is -2.35. The number of rotatable bonds is 8. The molecule has 2 aromatic carbocycles. The second kappa shape index (κ2) is 8.60. The van der Waals surface area contributed by atoms with Gasteiger partial charge in [0.25, 0.3) is 5.69 Å². The number of likely N-dealkylation sites (N-methyl/N-ethyl adjacent to an activating group) is 1. The average molecular weight is 391 g/mol. The zero-order valence-electron chi connectivity index (χ0n) is 16.0. The lowest BCUT2D eigenvalue weighted by molar-refractivity contribution is -0.387. The van der Waals surface area contributed by atoms with Crippen molar-refractivity contribution in [2.75, 3.05) is 20.6 Å². The van der Waals surface area contributed by atoms with Gasteiger partial charge in [0.15, 0.2) is 4.90 Å². The molecule has 0 aromatic heterocycles. The Morgan fingerprint density at radius 3 is 2.30 bits per heavy atom. The summed E-state index contributed by atoms with van der Waals surface area (Å²) in [6, 6.07) is 12.0. The molecule has 2 aromatic rings. The normalized spacial score (nSPS) is 12.9. The SMILES string of the molecule is CCc1ccc(C(CNS(=O)(=O)c2c(C)cccc2[N+](=O)[O-])N(C)C)cc1. The second-order valence-electron chi connectivity index (χ2n) is 6.61. The Morgan fingerprint density at radius 2 is 1.78 bits per heavy atom. The van der Waals surface area contributed by atoms with Crippen molar-refractivity contribution < 1.29 is 13.3 Å². The minimum absolute atomic E-state index is 0.103. The summed E-state index contributed by atoms with van der Waals surface area (Å²) < 4.78 is 28.2. The Bertz CT molecular complexity index is 909. The molecule has 0 saturated carbocycles. The molecule has 0 fully saturated rings. The number of hydrogen-bond donors (Lipinski definition) is 1. The van der Waals surface area contributed by atoms with Gasteiger partial charge in [-0.1, -0.05) is 43.3 Å². The number of nitrogens with one attached hydrogen (secondary N) is 1. The van der Waals surface area contributed by atoms with Crippen LogP contribution in [-0.2, 0) is 16.4 Å². The largest absolute Gasteiger partial charge is 0.301 e.